The van der Waals surface area contributed by atoms with Gasteiger partial charge in [-0.2, -0.15) is 0 Å². The first-order valence-electron chi connectivity index (χ1n) is 7.32. The Bertz CT molecular complexity index is 259. The van der Waals surface area contributed by atoms with Gasteiger partial charge in [0.1, 0.15) is 0 Å². The van der Waals surface area contributed by atoms with Crippen molar-refractivity contribution in [2.45, 2.75) is 59.4 Å². The molecule has 17 heavy (non-hydrogen) atoms. The Hall–Kier alpha value is -0.0800. The van der Waals surface area contributed by atoms with Crippen LogP contribution in [0.25, 0.3) is 0 Å². The second-order valence-electron chi connectivity index (χ2n) is 6.85. The van der Waals surface area contributed by atoms with Crippen LogP contribution < -0.4 is 5.32 Å². The minimum absolute atomic E-state index is 0.485. The summed E-state index contributed by atoms with van der Waals surface area (Å²) in [6.07, 6.45) is 5.44. The first-order chi connectivity index (χ1) is 8.00. The third kappa shape index (κ3) is 2.39. The van der Waals surface area contributed by atoms with E-state index in [2.05, 4.69) is 33.0 Å². The van der Waals surface area contributed by atoms with E-state index in [1.807, 2.05) is 0 Å². The third-order valence-electron chi connectivity index (χ3n) is 5.29. The summed E-state index contributed by atoms with van der Waals surface area (Å²) in [5.74, 6) is 0.942. The molecule has 1 N–H and O–H groups in total. The van der Waals surface area contributed by atoms with Crippen LogP contribution in [-0.2, 0) is 4.74 Å². The van der Waals surface area contributed by atoms with Gasteiger partial charge in [-0.3, -0.25) is 0 Å². The number of ether oxygens (including phenoxy) is 1. The first-order valence-corrected chi connectivity index (χ1v) is 7.32. The molecule has 2 nitrogen and oxygen atoms in total. The Morgan fingerprint density at radius 3 is 2.65 bits per heavy atom. The van der Waals surface area contributed by atoms with Crippen molar-refractivity contribution in [2.24, 2.45) is 16.7 Å². The number of hydrogen-bond acceptors (Lipinski definition) is 2. The van der Waals surface area contributed by atoms with Crippen LogP contribution in [0.2, 0.25) is 0 Å². The molecule has 2 bridgehead atoms. The van der Waals surface area contributed by atoms with E-state index in [9.17, 15) is 0 Å². The fraction of sp³-hybridized carbons (Fsp3) is 1.00. The second-order valence-corrected chi connectivity index (χ2v) is 6.85. The van der Waals surface area contributed by atoms with Gasteiger partial charge >= 0.3 is 0 Å². The number of fused-ring (bicyclic) bond motifs is 2. The Balaban J connectivity index is 1.83. The highest BCUT2D eigenvalue weighted by atomic mass is 16.5. The molecule has 0 spiro atoms. The van der Waals surface area contributed by atoms with Gasteiger partial charge in [0.25, 0.3) is 0 Å². The van der Waals surface area contributed by atoms with E-state index < -0.39 is 0 Å². The van der Waals surface area contributed by atoms with Crippen molar-refractivity contribution in [1.29, 1.82) is 0 Å². The highest BCUT2D eigenvalue weighted by Gasteiger charge is 2.58. The highest BCUT2D eigenvalue weighted by molar-refractivity contribution is 5.11. The quantitative estimate of drug-likeness (QED) is 0.719. The van der Waals surface area contributed by atoms with Crippen molar-refractivity contribution in [3.05, 3.63) is 0 Å². The second kappa shape index (κ2) is 4.89. The molecular formula is C15H29NO. The molecular weight excluding hydrogens is 210 g/mol. The molecule has 0 aliphatic heterocycles. The summed E-state index contributed by atoms with van der Waals surface area (Å²) in [4.78, 5) is 0. The van der Waals surface area contributed by atoms with Gasteiger partial charge in [0.05, 0.1) is 0 Å². The maximum Gasteiger partial charge on any atom is 0.0477 e. The summed E-state index contributed by atoms with van der Waals surface area (Å²) in [6, 6.07) is 0.704. The van der Waals surface area contributed by atoms with Crippen LogP contribution in [0.15, 0.2) is 0 Å². The van der Waals surface area contributed by atoms with E-state index in [4.69, 9.17) is 4.74 Å². The molecule has 0 saturated heterocycles. The Kier molecular flexibility index (Phi) is 3.84. The molecule has 0 aromatic rings. The van der Waals surface area contributed by atoms with Crippen molar-refractivity contribution in [2.75, 3.05) is 19.8 Å². The van der Waals surface area contributed by atoms with E-state index in [0.29, 0.717) is 16.9 Å². The smallest absolute Gasteiger partial charge is 0.0477 e. The van der Waals surface area contributed by atoms with Gasteiger partial charge in [0.15, 0.2) is 0 Å². The number of hydrogen-bond donors (Lipinski definition) is 1. The van der Waals surface area contributed by atoms with E-state index in [1.165, 1.54) is 19.3 Å². The molecule has 2 heteroatoms. The van der Waals surface area contributed by atoms with E-state index in [1.54, 1.807) is 0 Å². The molecule has 100 valence electrons. The lowest BCUT2D eigenvalue weighted by Gasteiger charge is -2.43. The molecule has 0 amide bonds. The average Bonchev–Trinajstić information content (AvgIpc) is 2.73. The van der Waals surface area contributed by atoms with Crippen LogP contribution in [0.4, 0.5) is 0 Å². The fourth-order valence-corrected chi connectivity index (χ4v) is 4.38. The van der Waals surface area contributed by atoms with Crippen molar-refractivity contribution in [3.8, 4) is 0 Å². The van der Waals surface area contributed by atoms with E-state index in [0.717, 1.165) is 32.1 Å². The van der Waals surface area contributed by atoms with Gasteiger partial charge in [0, 0.05) is 19.3 Å². The third-order valence-corrected chi connectivity index (χ3v) is 5.29. The molecule has 0 aromatic heterocycles. The standard InChI is InChI=1S/C15H29NO/c1-5-17-10-6-9-16-13-14(2,3)12-7-8-15(13,4)11-12/h12-13,16H,5-11H2,1-4H3/t12-,13?,15+/m0/s1. The summed E-state index contributed by atoms with van der Waals surface area (Å²) in [6.45, 7) is 12.3. The topological polar surface area (TPSA) is 21.3 Å². The lowest BCUT2D eigenvalue weighted by atomic mass is 9.68. The van der Waals surface area contributed by atoms with Gasteiger partial charge in [-0.1, -0.05) is 20.8 Å². The van der Waals surface area contributed by atoms with Crippen LogP contribution in [0.5, 0.6) is 0 Å². The average molecular weight is 239 g/mol. The van der Waals surface area contributed by atoms with Crippen LogP contribution >= 0.6 is 0 Å². The van der Waals surface area contributed by atoms with Crippen molar-refractivity contribution in [1.82, 2.24) is 5.32 Å². The molecule has 2 aliphatic carbocycles. The first kappa shape index (κ1) is 13.4. The lowest BCUT2D eigenvalue weighted by Crippen LogP contribution is -2.50. The van der Waals surface area contributed by atoms with Crippen molar-refractivity contribution < 1.29 is 4.74 Å². The molecule has 0 radical (unpaired) electrons. The van der Waals surface area contributed by atoms with Gasteiger partial charge < -0.3 is 10.1 Å². The predicted molar refractivity (Wildman–Crippen MR) is 72.1 cm³/mol. The normalized spacial score (nSPS) is 38.8. The molecule has 1 unspecified atom stereocenters. The van der Waals surface area contributed by atoms with Crippen LogP contribution in [0.1, 0.15) is 53.4 Å². The van der Waals surface area contributed by atoms with Crippen LogP contribution in [0.3, 0.4) is 0 Å². The van der Waals surface area contributed by atoms with Crippen LogP contribution in [-0.4, -0.2) is 25.8 Å². The lowest BCUT2D eigenvalue weighted by molar-refractivity contribution is 0.101. The number of nitrogens with one attached hydrogen (secondary N) is 1. The molecule has 2 rings (SSSR count). The Morgan fingerprint density at radius 1 is 1.29 bits per heavy atom. The summed E-state index contributed by atoms with van der Waals surface area (Å²) < 4.78 is 5.40. The zero-order chi connectivity index (χ0) is 12.5. The minimum Gasteiger partial charge on any atom is -0.382 e. The largest absolute Gasteiger partial charge is 0.382 e. The van der Waals surface area contributed by atoms with Gasteiger partial charge in [-0.25, -0.2) is 0 Å². The zero-order valence-electron chi connectivity index (χ0n) is 12.0. The van der Waals surface area contributed by atoms with Crippen LogP contribution in [0, 0.1) is 16.7 Å². The summed E-state index contributed by atoms with van der Waals surface area (Å²) in [5, 5.41) is 3.82. The molecule has 2 fully saturated rings. The summed E-state index contributed by atoms with van der Waals surface area (Å²) in [7, 11) is 0. The molecule has 0 heterocycles. The Labute approximate surface area is 107 Å². The molecule has 0 aromatic carbocycles. The monoisotopic (exact) mass is 239 g/mol. The molecule has 3 atom stereocenters. The van der Waals surface area contributed by atoms with Gasteiger partial charge in [-0.05, 0) is 55.9 Å². The van der Waals surface area contributed by atoms with E-state index >= 15 is 0 Å². The highest BCUT2D eigenvalue weighted by Crippen LogP contribution is 2.62. The Morgan fingerprint density at radius 2 is 2.06 bits per heavy atom. The van der Waals surface area contributed by atoms with Gasteiger partial charge in [0.2, 0.25) is 0 Å². The van der Waals surface area contributed by atoms with E-state index in [-0.39, 0.29) is 0 Å². The minimum atomic E-state index is 0.485. The SMILES string of the molecule is CCOCCCNC1C(C)(C)[C@H]2CC[C@]1(C)C2. The predicted octanol–water partition coefficient (Wildman–Crippen LogP) is 3.22. The van der Waals surface area contributed by atoms with Gasteiger partial charge in [-0.15, -0.1) is 0 Å². The fourth-order valence-electron chi connectivity index (χ4n) is 4.38. The molecule has 2 saturated carbocycles. The van der Waals surface area contributed by atoms with Crippen molar-refractivity contribution in [3.63, 3.8) is 0 Å². The zero-order valence-corrected chi connectivity index (χ0v) is 12.0. The summed E-state index contributed by atoms with van der Waals surface area (Å²) >= 11 is 0. The summed E-state index contributed by atoms with van der Waals surface area (Å²) in [5.41, 5.74) is 1.04. The number of rotatable bonds is 6. The van der Waals surface area contributed by atoms with Crippen molar-refractivity contribution >= 4 is 0 Å². The molecule has 2 aliphatic rings. The maximum absolute atomic E-state index is 5.40. The maximum atomic E-state index is 5.40.